The summed E-state index contributed by atoms with van der Waals surface area (Å²) in [4.78, 5) is 0. The van der Waals surface area contributed by atoms with Gasteiger partial charge in [-0.1, -0.05) is 30.3 Å². The molecule has 0 aromatic heterocycles. The van der Waals surface area contributed by atoms with Gasteiger partial charge in [0.1, 0.15) is 18.2 Å². The lowest BCUT2D eigenvalue weighted by Gasteiger charge is -2.09. The zero-order chi connectivity index (χ0) is 16.8. The fourth-order valence-electron chi connectivity index (χ4n) is 2.12. The van der Waals surface area contributed by atoms with Gasteiger partial charge >= 0.3 is 0 Å². The molecular weight excluding hydrogens is 286 g/mol. The highest BCUT2D eigenvalue weighted by molar-refractivity contribution is 5.97. The molecule has 2 N–H and O–H groups in total. The highest BCUT2D eigenvalue weighted by Crippen LogP contribution is 2.26. The minimum atomic E-state index is 0.0937. The molecule has 0 aliphatic rings. The Labute approximate surface area is 133 Å². The predicted molar refractivity (Wildman–Crippen MR) is 83.6 cm³/mol. The van der Waals surface area contributed by atoms with E-state index in [0.717, 1.165) is 0 Å². The van der Waals surface area contributed by atoms with E-state index in [2.05, 4.69) is 0 Å². The zero-order valence-electron chi connectivity index (χ0n) is 11.9. The van der Waals surface area contributed by atoms with Gasteiger partial charge in [0.25, 0.3) is 0 Å². The Hall–Kier alpha value is -4.06. The van der Waals surface area contributed by atoms with Crippen molar-refractivity contribution in [3.05, 3.63) is 70.3 Å². The Bertz CT molecular complexity index is 958. The first kappa shape index (κ1) is 15.3. The molecule has 2 aromatic rings. The molecule has 2 aromatic carbocycles. The summed E-state index contributed by atoms with van der Waals surface area (Å²) in [6.45, 7) is 0. The predicted octanol–water partition coefficient (Wildman–Crippen LogP) is 2.65. The maximum absolute atomic E-state index is 9.41. The van der Waals surface area contributed by atoms with E-state index in [4.69, 9.17) is 16.3 Å². The number of allylic oxidation sites excluding steroid dienone is 1. The smallest absolute Gasteiger partial charge is 0.102 e. The van der Waals surface area contributed by atoms with Crippen molar-refractivity contribution in [2.24, 2.45) is 5.73 Å². The Morgan fingerprint density at radius 1 is 0.783 bits per heavy atom. The average molecular weight is 295 g/mol. The molecule has 0 saturated carbocycles. The van der Waals surface area contributed by atoms with E-state index >= 15 is 0 Å². The van der Waals surface area contributed by atoms with E-state index in [1.165, 1.54) is 12.1 Å². The summed E-state index contributed by atoms with van der Waals surface area (Å²) < 4.78 is 0. The largest absolute Gasteiger partial charge is 0.397 e. The van der Waals surface area contributed by atoms with Gasteiger partial charge in [-0.2, -0.15) is 21.0 Å². The monoisotopic (exact) mass is 295 g/mol. The molecule has 0 atom stereocenters. The van der Waals surface area contributed by atoms with Crippen molar-refractivity contribution in [1.29, 1.82) is 21.0 Å². The summed E-state index contributed by atoms with van der Waals surface area (Å²) >= 11 is 0. The van der Waals surface area contributed by atoms with Crippen LogP contribution in [0.2, 0.25) is 0 Å². The lowest BCUT2D eigenvalue weighted by Crippen LogP contribution is -2.04. The molecule has 5 heteroatoms. The summed E-state index contributed by atoms with van der Waals surface area (Å²) in [5.74, 6) is 0. The van der Waals surface area contributed by atoms with Crippen LogP contribution < -0.4 is 5.73 Å². The Morgan fingerprint density at radius 2 is 1.35 bits per heavy atom. The van der Waals surface area contributed by atoms with Crippen molar-refractivity contribution in [2.75, 3.05) is 0 Å². The molecule has 2 rings (SSSR count). The van der Waals surface area contributed by atoms with Crippen LogP contribution in [0.3, 0.4) is 0 Å². The molecule has 0 spiro atoms. The first-order valence-corrected chi connectivity index (χ1v) is 6.50. The summed E-state index contributed by atoms with van der Waals surface area (Å²) in [5, 5.41) is 36.8. The quantitative estimate of drug-likeness (QED) is 0.674. The van der Waals surface area contributed by atoms with Gasteiger partial charge < -0.3 is 5.73 Å². The van der Waals surface area contributed by atoms with Crippen LogP contribution in [0.1, 0.15) is 27.8 Å². The van der Waals surface area contributed by atoms with Crippen molar-refractivity contribution in [1.82, 2.24) is 0 Å². The van der Waals surface area contributed by atoms with Crippen LogP contribution in [0.15, 0.2) is 42.5 Å². The Balaban J connectivity index is 2.78. The van der Waals surface area contributed by atoms with Crippen LogP contribution in [0.4, 0.5) is 0 Å². The van der Waals surface area contributed by atoms with E-state index in [9.17, 15) is 10.5 Å². The van der Waals surface area contributed by atoms with Gasteiger partial charge in [0.05, 0.1) is 34.0 Å². The fraction of sp³-hybridized carbons (Fsp3) is 0. The van der Waals surface area contributed by atoms with Crippen LogP contribution in [0.5, 0.6) is 0 Å². The van der Waals surface area contributed by atoms with Gasteiger partial charge in [-0.3, -0.25) is 0 Å². The first-order chi connectivity index (χ1) is 11.2. The van der Waals surface area contributed by atoms with Crippen molar-refractivity contribution >= 4 is 11.3 Å². The summed E-state index contributed by atoms with van der Waals surface area (Å²) in [6.07, 6.45) is 0. The van der Waals surface area contributed by atoms with E-state index in [1.54, 1.807) is 24.3 Å². The maximum atomic E-state index is 9.41. The molecule has 106 valence electrons. The molecule has 0 unspecified atom stereocenters. The average Bonchev–Trinajstić information content (AvgIpc) is 2.61. The summed E-state index contributed by atoms with van der Waals surface area (Å²) in [5.41, 5.74) is 7.61. The molecule has 5 nitrogen and oxygen atoms in total. The van der Waals surface area contributed by atoms with Gasteiger partial charge in [-0.05, 0) is 17.7 Å². The molecule has 23 heavy (non-hydrogen) atoms. The number of hydrogen-bond donors (Lipinski definition) is 1. The zero-order valence-corrected chi connectivity index (χ0v) is 11.9. The molecule has 0 aliphatic heterocycles. The van der Waals surface area contributed by atoms with Gasteiger partial charge in [-0.15, -0.1) is 0 Å². The van der Waals surface area contributed by atoms with Gasteiger partial charge in [0.2, 0.25) is 0 Å². The van der Waals surface area contributed by atoms with Gasteiger partial charge in [0.15, 0.2) is 0 Å². The number of nitriles is 4. The van der Waals surface area contributed by atoms with Crippen LogP contribution in [0, 0.1) is 45.3 Å². The van der Waals surface area contributed by atoms with Crippen molar-refractivity contribution in [3.63, 3.8) is 0 Å². The highest BCUT2D eigenvalue weighted by Gasteiger charge is 2.15. The van der Waals surface area contributed by atoms with Crippen LogP contribution in [0.25, 0.3) is 11.3 Å². The van der Waals surface area contributed by atoms with E-state index in [0.29, 0.717) is 5.56 Å². The lowest BCUT2D eigenvalue weighted by molar-refractivity contribution is 1.37. The second-order valence-electron chi connectivity index (χ2n) is 4.55. The van der Waals surface area contributed by atoms with Crippen LogP contribution in [-0.2, 0) is 0 Å². The highest BCUT2D eigenvalue weighted by atomic mass is 14.6. The summed E-state index contributed by atoms with van der Waals surface area (Å²) in [6, 6.07) is 19.2. The van der Waals surface area contributed by atoms with Crippen LogP contribution >= 0.6 is 0 Å². The van der Waals surface area contributed by atoms with E-state index in [-0.39, 0.29) is 33.5 Å². The second-order valence-corrected chi connectivity index (χ2v) is 4.55. The van der Waals surface area contributed by atoms with Gasteiger partial charge in [-0.25, -0.2) is 0 Å². The second kappa shape index (κ2) is 6.59. The molecule has 0 fully saturated rings. The number of hydrogen-bond acceptors (Lipinski definition) is 5. The SMILES string of the molecule is N#C/C(=C(/N)c1cc(C#N)c(C#N)cc1C#N)c1ccccc1. The van der Waals surface area contributed by atoms with E-state index in [1.807, 2.05) is 30.3 Å². The summed E-state index contributed by atoms with van der Waals surface area (Å²) in [7, 11) is 0. The number of nitrogens with zero attached hydrogens (tertiary/aromatic N) is 4. The van der Waals surface area contributed by atoms with Crippen molar-refractivity contribution in [3.8, 4) is 24.3 Å². The number of benzene rings is 2. The van der Waals surface area contributed by atoms with Crippen molar-refractivity contribution in [2.45, 2.75) is 0 Å². The molecule has 0 saturated heterocycles. The molecule has 0 bridgehead atoms. The van der Waals surface area contributed by atoms with E-state index < -0.39 is 0 Å². The molecule has 0 amide bonds. The molecule has 0 aliphatic carbocycles. The number of nitrogens with two attached hydrogens (primary N) is 1. The van der Waals surface area contributed by atoms with Crippen LogP contribution in [-0.4, -0.2) is 0 Å². The minimum Gasteiger partial charge on any atom is -0.397 e. The fourth-order valence-corrected chi connectivity index (χ4v) is 2.12. The first-order valence-electron chi connectivity index (χ1n) is 6.50. The lowest BCUT2D eigenvalue weighted by atomic mass is 9.94. The molecular formula is C18H9N5. The Morgan fingerprint density at radius 3 is 1.87 bits per heavy atom. The third kappa shape index (κ3) is 2.86. The number of rotatable bonds is 2. The normalized spacial score (nSPS) is 10.4. The molecule has 0 heterocycles. The topological polar surface area (TPSA) is 121 Å². The maximum Gasteiger partial charge on any atom is 0.102 e. The third-order valence-corrected chi connectivity index (χ3v) is 3.25. The van der Waals surface area contributed by atoms with Crippen molar-refractivity contribution < 1.29 is 0 Å². The third-order valence-electron chi connectivity index (χ3n) is 3.25. The van der Waals surface area contributed by atoms with Gasteiger partial charge in [0, 0.05) is 5.56 Å². The Kier molecular flexibility index (Phi) is 4.40. The minimum absolute atomic E-state index is 0.0937. The molecule has 0 radical (unpaired) electrons. The standard InChI is InChI=1S/C18H9N5/c19-8-13-6-15(10-21)16(7-14(13)9-20)18(23)17(11-22)12-4-2-1-3-5-12/h1-7H,23H2/b18-17-.